The van der Waals surface area contributed by atoms with Gasteiger partial charge in [0.2, 0.25) is 6.29 Å². The van der Waals surface area contributed by atoms with Crippen molar-refractivity contribution < 1.29 is 9.59 Å². The smallest absolute Gasteiger partial charge is 0.284 e. The van der Waals surface area contributed by atoms with Gasteiger partial charge in [-0.3, -0.25) is 9.59 Å². The lowest BCUT2D eigenvalue weighted by atomic mass is 9.97. The minimum atomic E-state index is -0.553. The Balaban J connectivity index is 2.67. The van der Waals surface area contributed by atoms with E-state index in [-0.39, 0.29) is 0 Å². The topological polar surface area (TPSA) is 46.2 Å². The van der Waals surface area contributed by atoms with Crippen molar-refractivity contribution in [3.05, 3.63) is 34.4 Å². The molecule has 3 nitrogen and oxygen atoms in total. The Hall–Kier alpha value is -1.64. The molecule has 3 heteroatoms. The molecule has 0 atom stereocenters. The summed E-state index contributed by atoms with van der Waals surface area (Å²) in [6.45, 7) is 6.70. The van der Waals surface area contributed by atoms with E-state index in [2.05, 4.69) is 38.2 Å². The molecule has 1 rings (SSSR count). The molecule has 0 unspecified atom stereocenters. The van der Waals surface area contributed by atoms with Gasteiger partial charge in [0.1, 0.15) is 0 Å². The second kappa shape index (κ2) is 5.45. The number of carbonyl (C=O) groups is 2. The fraction of sp³-hybridized carbons (Fsp3) is 0.385. The van der Waals surface area contributed by atoms with Crippen LogP contribution >= 0.6 is 0 Å². The van der Waals surface area contributed by atoms with Gasteiger partial charge >= 0.3 is 0 Å². The summed E-state index contributed by atoms with van der Waals surface area (Å²) in [7, 11) is 0. The minimum Gasteiger partial charge on any atom is -0.349 e. The normalized spacial score (nSPS) is 9.94. The quantitative estimate of drug-likeness (QED) is 0.615. The Kier molecular flexibility index (Phi) is 4.23. The van der Waals surface area contributed by atoms with Crippen LogP contribution in [-0.4, -0.2) is 18.7 Å². The van der Waals surface area contributed by atoms with E-state index in [0.29, 0.717) is 12.8 Å². The first-order valence-corrected chi connectivity index (χ1v) is 5.34. The molecule has 1 aromatic rings. The predicted molar refractivity (Wildman–Crippen MR) is 63.4 cm³/mol. The number of rotatable bonds is 4. The maximum atomic E-state index is 10.7. The molecule has 16 heavy (non-hydrogen) atoms. The molecule has 0 bridgehead atoms. The van der Waals surface area contributed by atoms with Crippen molar-refractivity contribution in [3.8, 4) is 0 Å². The molecule has 0 aliphatic carbocycles. The van der Waals surface area contributed by atoms with Crippen LogP contribution in [0.5, 0.6) is 0 Å². The molecule has 1 N–H and O–H groups in total. The van der Waals surface area contributed by atoms with Crippen molar-refractivity contribution in [2.45, 2.75) is 27.2 Å². The number of benzene rings is 1. The third-order valence-electron chi connectivity index (χ3n) is 2.62. The Labute approximate surface area is 95.9 Å². The van der Waals surface area contributed by atoms with Crippen LogP contribution in [0.2, 0.25) is 0 Å². The number of amides is 1. The van der Waals surface area contributed by atoms with Gasteiger partial charge in [0, 0.05) is 6.54 Å². The molecule has 0 saturated heterocycles. The number of hydrogen-bond acceptors (Lipinski definition) is 2. The summed E-state index contributed by atoms with van der Waals surface area (Å²) in [5.41, 5.74) is 4.96. The Bertz CT molecular complexity index is 387. The summed E-state index contributed by atoms with van der Waals surface area (Å²) in [5, 5.41) is 2.54. The number of nitrogens with one attached hydrogen (secondary N) is 1. The van der Waals surface area contributed by atoms with Crippen molar-refractivity contribution in [3.63, 3.8) is 0 Å². The zero-order valence-electron chi connectivity index (χ0n) is 9.96. The highest BCUT2D eigenvalue weighted by atomic mass is 16.2. The number of hydrogen-bond donors (Lipinski definition) is 1. The van der Waals surface area contributed by atoms with E-state index < -0.39 is 5.91 Å². The number of aryl methyl sites for hydroxylation is 3. The molecule has 0 aromatic heterocycles. The van der Waals surface area contributed by atoms with E-state index in [1.165, 1.54) is 22.3 Å². The molecule has 0 aliphatic rings. The van der Waals surface area contributed by atoms with Crippen LogP contribution in [0.1, 0.15) is 22.3 Å². The lowest BCUT2D eigenvalue weighted by Crippen LogP contribution is -2.26. The third-order valence-corrected chi connectivity index (χ3v) is 2.62. The Morgan fingerprint density at radius 2 is 1.81 bits per heavy atom. The van der Waals surface area contributed by atoms with Crippen molar-refractivity contribution in [2.24, 2.45) is 0 Å². The average molecular weight is 219 g/mol. The van der Waals surface area contributed by atoms with E-state index >= 15 is 0 Å². The maximum absolute atomic E-state index is 10.7. The number of aldehydes is 1. The van der Waals surface area contributed by atoms with E-state index in [9.17, 15) is 9.59 Å². The van der Waals surface area contributed by atoms with E-state index in [4.69, 9.17) is 0 Å². The summed E-state index contributed by atoms with van der Waals surface area (Å²) in [5.74, 6) is -0.553. The lowest BCUT2D eigenvalue weighted by molar-refractivity contribution is -0.131. The van der Waals surface area contributed by atoms with Crippen LogP contribution in [0.25, 0.3) is 0 Å². The Morgan fingerprint density at radius 3 is 2.31 bits per heavy atom. The molecule has 86 valence electrons. The van der Waals surface area contributed by atoms with Gasteiger partial charge in [-0.1, -0.05) is 17.7 Å². The summed E-state index contributed by atoms with van der Waals surface area (Å²) < 4.78 is 0. The first-order chi connectivity index (χ1) is 7.54. The van der Waals surface area contributed by atoms with Crippen LogP contribution in [0.15, 0.2) is 12.1 Å². The molecule has 0 fully saturated rings. The van der Waals surface area contributed by atoms with Gasteiger partial charge in [-0.25, -0.2) is 0 Å². The fourth-order valence-corrected chi connectivity index (χ4v) is 1.96. The minimum absolute atomic E-state index is 0.300. The van der Waals surface area contributed by atoms with E-state index in [1.807, 2.05) is 0 Å². The zero-order chi connectivity index (χ0) is 12.1. The second-order valence-corrected chi connectivity index (χ2v) is 4.04. The first-order valence-electron chi connectivity index (χ1n) is 5.34. The van der Waals surface area contributed by atoms with Gasteiger partial charge in [-0.15, -0.1) is 0 Å². The fourth-order valence-electron chi connectivity index (χ4n) is 1.96. The molecule has 0 aliphatic heterocycles. The van der Waals surface area contributed by atoms with Gasteiger partial charge in [-0.05, 0) is 43.9 Å². The SMILES string of the molecule is Cc1cc(C)c(CCNC(=O)C=O)c(C)c1. The van der Waals surface area contributed by atoms with Crippen molar-refractivity contribution in [1.29, 1.82) is 0 Å². The Morgan fingerprint density at radius 1 is 1.25 bits per heavy atom. The van der Waals surface area contributed by atoms with Crippen LogP contribution in [0, 0.1) is 20.8 Å². The van der Waals surface area contributed by atoms with Gasteiger partial charge in [-0.2, -0.15) is 0 Å². The molecule has 1 amide bonds. The van der Waals surface area contributed by atoms with Gasteiger partial charge in [0.05, 0.1) is 0 Å². The molecular formula is C13H17NO2. The highest BCUT2D eigenvalue weighted by Gasteiger charge is 2.04. The van der Waals surface area contributed by atoms with Crippen molar-refractivity contribution in [2.75, 3.05) is 6.54 Å². The summed E-state index contributed by atoms with van der Waals surface area (Å²) in [6.07, 6.45) is 1.06. The number of carbonyl (C=O) groups excluding carboxylic acids is 2. The maximum Gasteiger partial charge on any atom is 0.284 e. The second-order valence-electron chi connectivity index (χ2n) is 4.04. The highest BCUT2D eigenvalue weighted by Crippen LogP contribution is 2.16. The summed E-state index contributed by atoms with van der Waals surface area (Å²) >= 11 is 0. The van der Waals surface area contributed by atoms with E-state index in [0.717, 1.165) is 6.42 Å². The molecule has 0 radical (unpaired) electrons. The van der Waals surface area contributed by atoms with Crippen molar-refractivity contribution in [1.82, 2.24) is 5.32 Å². The molecular weight excluding hydrogens is 202 g/mol. The monoisotopic (exact) mass is 219 g/mol. The van der Waals surface area contributed by atoms with Crippen LogP contribution in [-0.2, 0) is 16.0 Å². The van der Waals surface area contributed by atoms with Crippen molar-refractivity contribution >= 4 is 12.2 Å². The van der Waals surface area contributed by atoms with Gasteiger partial charge in [0.15, 0.2) is 0 Å². The largest absolute Gasteiger partial charge is 0.349 e. The zero-order valence-corrected chi connectivity index (χ0v) is 9.96. The lowest BCUT2D eigenvalue weighted by Gasteiger charge is -2.11. The summed E-state index contributed by atoms with van der Waals surface area (Å²) in [4.78, 5) is 20.9. The predicted octanol–water partition coefficient (Wildman–Crippen LogP) is 1.47. The van der Waals surface area contributed by atoms with Crippen LogP contribution in [0.4, 0.5) is 0 Å². The van der Waals surface area contributed by atoms with Crippen LogP contribution < -0.4 is 5.32 Å². The molecule has 1 aromatic carbocycles. The van der Waals surface area contributed by atoms with Gasteiger partial charge < -0.3 is 5.32 Å². The molecule has 0 spiro atoms. The molecule has 0 heterocycles. The van der Waals surface area contributed by atoms with Crippen LogP contribution in [0.3, 0.4) is 0 Å². The molecule has 0 saturated carbocycles. The third kappa shape index (κ3) is 3.19. The highest BCUT2D eigenvalue weighted by molar-refractivity contribution is 6.23. The standard InChI is InChI=1S/C13H17NO2/c1-9-6-10(2)12(11(3)7-9)4-5-14-13(16)8-15/h6-8H,4-5H2,1-3H3,(H,14,16). The van der Waals surface area contributed by atoms with Gasteiger partial charge in [0.25, 0.3) is 5.91 Å². The first kappa shape index (κ1) is 12.4. The van der Waals surface area contributed by atoms with E-state index in [1.54, 1.807) is 0 Å². The average Bonchev–Trinajstić information content (AvgIpc) is 2.21. The summed E-state index contributed by atoms with van der Waals surface area (Å²) in [6, 6.07) is 4.26.